The fourth-order valence-corrected chi connectivity index (χ4v) is 1.04. The van der Waals surface area contributed by atoms with Crippen molar-refractivity contribution in [1.29, 1.82) is 5.26 Å². The van der Waals surface area contributed by atoms with Gasteiger partial charge in [0.1, 0.15) is 12.7 Å². The molecule has 0 aliphatic carbocycles. The Morgan fingerprint density at radius 1 is 1.73 bits per heavy atom. The molecule has 0 bridgehead atoms. The zero-order valence-electron chi connectivity index (χ0n) is 7.29. The standard InChI is InChI=1S/C7H6FNO6/c8-15-6(4(1-9)13-3-10)5-2-12-7(11)14-5/h3-6H,2H2. The van der Waals surface area contributed by atoms with Crippen LogP contribution in [0, 0.1) is 11.3 Å². The number of hydrogen-bond donors (Lipinski definition) is 0. The van der Waals surface area contributed by atoms with E-state index in [1.165, 1.54) is 6.07 Å². The van der Waals surface area contributed by atoms with Crippen molar-refractivity contribution in [2.75, 3.05) is 6.61 Å². The smallest absolute Gasteiger partial charge is 0.446 e. The Kier molecular flexibility index (Phi) is 3.82. The third-order valence-corrected chi connectivity index (χ3v) is 1.71. The summed E-state index contributed by atoms with van der Waals surface area (Å²) in [6, 6.07) is 1.48. The zero-order chi connectivity index (χ0) is 11.3. The van der Waals surface area contributed by atoms with Crippen LogP contribution in [0.25, 0.3) is 0 Å². The average Bonchev–Trinajstić information content (AvgIpc) is 2.64. The molecule has 1 fully saturated rings. The van der Waals surface area contributed by atoms with Crippen LogP contribution in [0.2, 0.25) is 0 Å². The summed E-state index contributed by atoms with van der Waals surface area (Å²) >= 11 is 0. The Labute approximate surface area is 83.2 Å². The molecule has 0 aromatic rings. The summed E-state index contributed by atoms with van der Waals surface area (Å²) in [7, 11) is 0. The number of nitriles is 1. The van der Waals surface area contributed by atoms with E-state index in [0.717, 1.165) is 0 Å². The number of cyclic esters (lactones) is 2. The SMILES string of the molecule is N#CC(OC=O)C(OF)C1COC(=O)O1. The van der Waals surface area contributed by atoms with E-state index < -0.39 is 24.5 Å². The molecule has 0 saturated carbocycles. The van der Waals surface area contributed by atoms with Gasteiger partial charge in [0.05, 0.1) is 0 Å². The van der Waals surface area contributed by atoms with Crippen LogP contribution in [0.15, 0.2) is 0 Å². The third-order valence-electron chi connectivity index (χ3n) is 1.71. The van der Waals surface area contributed by atoms with Crippen molar-refractivity contribution >= 4 is 12.6 Å². The molecule has 3 atom stereocenters. The summed E-state index contributed by atoms with van der Waals surface area (Å²) in [5.74, 6) is 0. The second-order valence-electron chi connectivity index (χ2n) is 2.55. The van der Waals surface area contributed by atoms with E-state index in [1.54, 1.807) is 0 Å². The van der Waals surface area contributed by atoms with Gasteiger partial charge in [-0.25, -0.2) is 4.79 Å². The summed E-state index contributed by atoms with van der Waals surface area (Å²) in [5, 5.41) is 8.52. The van der Waals surface area contributed by atoms with Crippen LogP contribution >= 0.6 is 0 Å². The molecular formula is C7H6FNO6. The van der Waals surface area contributed by atoms with E-state index in [9.17, 15) is 14.1 Å². The van der Waals surface area contributed by atoms with Crippen LogP contribution in [0.1, 0.15) is 0 Å². The van der Waals surface area contributed by atoms with Gasteiger partial charge in [0, 0.05) is 0 Å². The van der Waals surface area contributed by atoms with E-state index in [4.69, 9.17) is 5.26 Å². The van der Waals surface area contributed by atoms with Gasteiger partial charge < -0.3 is 14.2 Å². The molecule has 1 aliphatic rings. The Morgan fingerprint density at radius 3 is 2.87 bits per heavy atom. The number of halogens is 1. The van der Waals surface area contributed by atoms with Crippen molar-refractivity contribution in [3.63, 3.8) is 0 Å². The number of carbonyl (C=O) groups excluding carboxylic acids is 2. The first kappa shape index (κ1) is 11.2. The first-order valence-corrected chi connectivity index (χ1v) is 3.82. The summed E-state index contributed by atoms with van der Waals surface area (Å²) in [4.78, 5) is 23.9. The molecule has 8 heteroatoms. The number of hydrogen-bond acceptors (Lipinski definition) is 7. The van der Waals surface area contributed by atoms with Crippen molar-refractivity contribution in [3.8, 4) is 6.07 Å². The molecule has 0 spiro atoms. The number of carbonyl (C=O) groups is 2. The number of nitrogens with zero attached hydrogens (tertiary/aromatic N) is 1. The maximum absolute atomic E-state index is 12.1. The van der Waals surface area contributed by atoms with E-state index >= 15 is 0 Å². The van der Waals surface area contributed by atoms with E-state index in [-0.39, 0.29) is 13.1 Å². The highest BCUT2D eigenvalue weighted by Gasteiger charge is 2.41. The number of rotatable bonds is 5. The minimum Gasteiger partial charge on any atom is -0.446 e. The molecule has 1 saturated heterocycles. The number of ether oxygens (including phenoxy) is 3. The molecule has 1 heterocycles. The van der Waals surface area contributed by atoms with Crippen LogP contribution in [-0.4, -0.2) is 37.5 Å². The predicted molar refractivity (Wildman–Crippen MR) is 38.8 cm³/mol. The molecule has 1 aliphatic heterocycles. The van der Waals surface area contributed by atoms with Crippen LogP contribution in [0.4, 0.5) is 9.32 Å². The molecule has 0 radical (unpaired) electrons. The lowest BCUT2D eigenvalue weighted by Crippen LogP contribution is -2.40. The van der Waals surface area contributed by atoms with Crippen molar-refractivity contribution in [1.82, 2.24) is 0 Å². The predicted octanol–water partition coefficient (Wildman–Crippen LogP) is -0.143. The minimum atomic E-state index is -1.52. The van der Waals surface area contributed by atoms with Crippen LogP contribution in [0.3, 0.4) is 0 Å². The van der Waals surface area contributed by atoms with E-state index in [2.05, 4.69) is 19.2 Å². The molecular weight excluding hydrogens is 213 g/mol. The van der Waals surface area contributed by atoms with Gasteiger partial charge in [0.25, 0.3) is 6.47 Å². The summed E-state index contributed by atoms with van der Waals surface area (Å²) in [5.41, 5.74) is 0. The topological polar surface area (TPSA) is 94.9 Å². The molecule has 82 valence electrons. The lowest BCUT2D eigenvalue weighted by Gasteiger charge is -2.18. The fraction of sp³-hybridized carbons (Fsp3) is 0.571. The molecule has 0 aromatic carbocycles. The van der Waals surface area contributed by atoms with Gasteiger partial charge in [0.2, 0.25) is 6.10 Å². The van der Waals surface area contributed by atoms with Crippen LogP contribution < -0.4 is 0 Å². The van der Waals surface area contributed by atoms with Crippen LogP contribution in [-0.2, 0) is 23.9 Å². The Bertz CT molecular complexity index is 290. The summed E-state index contributed by atoms with van der Waals surface area (Å²) in [6.07, 6.45) is -5.14. The van der Waals surface area contributed by atoms with Crippen molar-refractivity contribution in [3.05, 3.63) is 0 Å². The highest BCUT2D eigenvalue weighted by atomic mass is 19.3. The molecule has 0 aromatic heterocycles. The zero-order valence-corrected chi connectivity index (χ0v) is 7.29. The van der Waals surface area contributed by atoms with Gasteiger partial charge in [-0.15, -0.1) is 0 Å². The molecule has 1 rings (SSSR count). The second kappa shape index (κ2) is 5.11. The van der Waals surface area contributed by atoms with Crippen LogP contribution in [0.5, 0.6) is 0 Å². The highest BCUT2D eigenvalue weighted by molar-refractivity contribution is 5.62. The van der Waals surface area contributed by atoms with Gasteiger partial charge in [-0.3, -0.25) is 4.79 Å². The molecule has 15 heavy (non-hydrogen) atoms. The third kappa shape index (κ3) is 2.54. The van der Waals surface area contributed by atoms with E-state index in [0.29, 0.717) is 0 Å². The second-order valence-corrected chi connectivity index (χ2v) is 2.55. The van der Waals surface area contributed by atoms with Gasteiger partial charge >= 0.3 is 6.16 Å². The summed E-state index contributed by atoms with van der Waals surface area (Å²) in [6.45, 7) is -0.300. The van der Waals surface area contributed by atoms with Gasteiger partial charge in [0.15, 0.2) is 12.2 Å². The Balaban J connectivity index is 2.65. The van der Waals surface area contributed by atoms with Crippen molar-refractivity contribution < 1.29 is 33.3 Å². The Hall–Kier alpha value is -1.88. The minimum absolute atomic E-state index is 0.0302. The van der Waals surface area contributed by atoms with Crippen molar-refractivity contribution in [2.24, 2.45) is 0 Å². The maximum atomic E-state index is 12.1. The highest BCUT2D eigenvalue weighted by Crippen LogP contribution is 2.17. The quantitative estimate of drug-likeness (QED) is 0.468. The van der Waals surface area contributed by atoms with Crippen molar-refractivity contribution in [2.45, 2.75) is 18.3 Å². The van der Waals surface area contributed by atoms with Gasteiger partial charge in [-0.05, 0) is 4.53 Å². The first-order chi connectivity index (χ1) is 7.22. The average molecular weight is 219 g/mol. The largest absolute Gasteiger partial charge is 0.508 e. The van der Waals surface area contributed by atoms with E-state index in [1.807, 2.05) is 0 Å². The maximum Gasteiger partial charge on any atom is 0.508 e. The summed E-state index contributed by atoms with van der Waals surface area (Å²) < 4.78 is 25.2. The first-order valence-electron chi connectivity index (χ1n) is 3.82. The monoisotopic (exact) mass is 219 g/mol. The Morgan fingerprint density at radius 2 is 2.47 bits per heavy atom. The normalized spacial score (nSPS) is 23.2. The fourth-order valence-electron chi connectivity index (χ4n) is 1.04. The lowest BCUT2D eigenvalue weighted by molar-refractivity contribution is -0.227. The molecule has 3 unspecified atom stereocenters. The molecule has 0 N–H and O–H groups in total. The molecule has 7 nitrogen and oxygen atoms in total. The van der Waals surface area contributed by atoms with Gasteiger partial charge in [-0.1, -0.05) is 0 Å². The lowest BCUT2D eigenvalue weighted by atomic mass is 10.1. The van der Waals surface area contributed by atoms with Gasteiger partial charge in [-0.2, -0.15) is 10.2 Å². The molecule has 0 amide bonds.